The van der Waals surface area contributed by atoms with Crippen LogP contribution in [0.15, 0.2) is 48.5 Å². The lowest BCUT2D eigenvalue weighted by atomic mass is 9.46. The highest BCUT2D eigenvalue weighted by atomic mass is 16.5. The fourth-order valence-electron chi connectivity index (χ4n) is 9.30. The van der Waals surface area contributed by atoms with Crippen molar-refractivity contribution in [3.8, 4) is 0 Å². The highest BCUT2D eigenvalue weighted by Crippen LogP contribution is 2.69. The molecule has 1 N–H and O–H groups in total. The number of ether oxygens (including phenoxy) is 1. The molecule has 2 saturated carbocycles. The van der Waals surface area contributed by atoms with Gasteiger partial charge < -0.3 is 15.0 Å². The number of fused-ring (bicyclic) bond motifs is 1. The zero-order chi connectivity index (χ0) is 24.9. The minimum Gasteiger partial charge on any atom is -0.367 e. The van der Waals surface area contributed by atoms with Gasteiger partial charge >= 0.3 is 0 Å². The minimum atomic E-state index is -0.199. The van der Waals surface area contributed by atoms with E-state index >= 15 is 0 Å². The summed E-state index contributed by atoms with van der Waals surface area (Å²) in [6.07, 6.45) is 6.89. The topological polar surface area (TPSA) is 61.9 Å². The Morgan fingerprint density at radius 1 is 1.08 bits per heavy atom. The molecule has 37 heavy (non-hydrogen) atoms. The summed E-state index contributed by atoms with van der Waals surface area (Å²) in [6, 6.07) is 16.9. The molecule has 0 spiro atoms. The lowest BCUT2D eigenvalue weighted by Crippen LogP contribution is -2.74. The second kappa shape index (κ2) is 7.67. The molecule has 3 aliphatic heterocycles. The first kappa shape index (κ1) is 22.3. The summed E-state index contributed by atoms with van der Waals surface area (Å²) in [5.41, 5.74) is 4.13. The van der Waals surface area contributed by atoms with Crippen LogP contribution in [0, 0.1) is 11.8 Å². The normalized spacial score (nSPS) is 37.2. The van der Waals surface area contributed by atoms with Gasteiger partial charge in [-0.3, -0.25) is 14.5 Å². The fraction of sp³-hybridized carbons (Fsp3) is 0.548. The first-order valence-electron chi connectivity index (χ1n) is 14.2. The number of likely N-dealkylation sites (tertiary alicyclic amines) is 2. The van der Waals surface area contributed by atoms with E-state index in [9.17, 15) is 9.59 Å². The second-order valence-corrected chi connectivity index (χ2v) is 12.4. The number of nitrogens with zero attached hydrogens (tertiary/aromatic N) is 2. The molecular weight excluding hydrogens is 462 g/mol. The van der Waals surface area contributed by atoms with E-state index in [2.05, 4.69) is 33.3 Å². The van der Waals surface area contributed by atoms with Gasteiger partial charge in [0, 0.05) is 54.7 Å². The number of anilines is 1. The summed E-state index contributed by atoms with van der Waals surface area (Å²) >= 11 is 0. The number of nitrogens with one attached hydrogen (secondary N) is 1. The molecule has 0 radical (unpaired) electrons. The van der Waals surface area contributed by atoms with Crippen molar-refractivity contribution in [2.75, 3.05) is 25.0 Å². The first-order chi connectivity index (χ1) is 18.0. The van der Waals surface area contributed by atoms with Crippen molar-refractivity contribution in [3.63, 3.8) is 0 Å². The maximum Gasteiger partial charge on any atom is 0.254 e. The Hall–Kier alpha value is -2.70. The highest BCUT2D eigenvalue weighted by Gasteiger charge is 2.78. The average molecular weight is 498 g/mol. The van der Waals surface area contributed by atoms with Crippen LogP contribution in [-0.2, 0) is 21.4 Å². The average Bonchev–Trinajstić information content (AvgIpc) is 3.59. The van der Waals surface area contributed by atoms with Crippen LogP contribution in [0.2, 0.25) is 0 Å². The predicted molar refractivity (Wildman–Crippen MR) is 140 cm³/mol. The van der Waals surface area contributed by atoms with Gasteiger partial charge in [-0.15, -0.1) is 0 Å². The van der Waals surface area contributed by atoms with Gasteiger partial charge in [0.2, 0.25) is 5.91 Å². The lowest BCUT2D eigenvalue weighted by Gasteiger charge is -2.65. The molecule has 2 amide bonds. The van der Waals surface area contributed by atoms with Crippen molar-refractivity contribution in [1.29, 1.82) is 0 Å². The SMILES string of the molecule is CC(=O)Nc1ccc2c(c1)C13CCN(CC4CC4)C(C2)C12CCC1C3[C@@H](CN1C(=O)c1ccccc1)O2. The predicted octanol–water partition coefficient (Wildman–Crippen LogP) is 4.00. The van der Waals surface area contributed by atoms with E-state index in [1.54, 1.807) is 6.92 Å². The Morgan fingerprint density at radius 2 is 1.92 bits per heavy atom. The molecule has 4 bridgehead atoms. The van der Waals surface area contributed by atoms with Gasteiger partial charge in [0.25, 0.3) is 5.91 Å². The summed E-state index contributed by atoms with van der Waals surface area (Å²) in [7, 11) is 0. The second-order valence-electron chi connectivity index (χ2n) is 12.4. The Labute approximate surface area is 218 Å². The Balaban J connectivity index is 1.25. The number of hydrogen-bond donors (Lipinski definition) is 1. The zero-order valence-electron chi connectivity index (χ0n) is 21.5. The monoisotopic (exact) mass is 497 g/mol. The Kier molecular flexibility index (Phi) is 4.62. The van der Waals surface area contributed by atoms with E-state index in [0.29, 0.717) is 18.5 Å². The van der Waals surface area contributed by atoms with Crippen LogP contribution in [0.25, 0.3) is 0 Å². The van der Waals surface area contributed by atoms with Gasteiger partial charge in [-0.1, -0.05) is 24.3 Å². The Bertz CT molecular complexity index is 1290. The zero-order valence-corrected chi connectivity index (χ0v) is 21.5. The van der Waals surface area contributed by atoms with E-state index in [4.69, 9.17) is 4.74 Å². The number of hydrogen-bond acceptors (Lipinski definition) is 4. The van der Waals surface area contributed by atoms with Crippen molar-refractivity contribution in [2.45, 2.75) is 74.7 Å². The Morgan fingerprint density at radius 3 is 2.70 bits per heavy atom. The smallest absolute Gasteiger partial charge is 0.254 e. The molecular formula is C31H35N3O3. The third-order valence-electron chi connectivity index (χ3n) is 10.7. The van der Waals surface area contributed by atoms with Crippen molar-refractivity contribution in [1.82, 2.24) is 9.80 Å². The van der Waals surface area contributed by atoms with Gasteiger partial charge in [0.05, 0.1) is 11.7 Å². The number of benzene rings is 2. The number of carbonyl (C=O) groups is 2. The molecule has 0 aromatic heterocycles. The van der Waals surface area contributed by atoms with Crippen LogP contribution in [0.3, 0.4) is 0 Å². The largest absolute Gasteiger partial charge is 0.367 e. The van der Waals surface area contributed by atoms with E-state index < -0.39 is 0 Å². The number of piperidine rings is 1. The molecule has 2 aromatic rings. The summed E-state index contributed by atoms with van der Waals surface area (Å²) < 4.78 is 7.33. The van der Waals surface area contributed by atoms with E-state index in [-0.39, 0.29) is 35.0 Å². The maximum absolute atomic E-state index is 13.7. The fourth-order valence-corrected chi connectivity index (χ4v) is 9.30. The van der Waals surface area contributed by atoms with Crippen LogP contribution < -0.4 is 5.32 Å². The minimum absolute atomic E-state index is 0.0392. The number of rotatable bonds is 4. The number of carbonyl (C=O) groups excluding carboxylic acids is 2. The molecule has 2 aromatic carbocycles. The molecule has 5 unspecified atom stereocenters. The van der Waals surface area contributed by atoms with E-state index in [0.717, 1.165) is 49.4 Å². The van der Waals surface area contributed by atoms with Crippen LogP contribution in [-0.4, -0.2) is 65.0 Å². The molecule has 6 nitrogen and oxygen atoms in total. The van der Waals surface area contributed by atoms with Crippen LogP contribution in [0.1, 0.15) is 60.5 Å². The van der Waals surface area contributed by atoms with Gasteiger partial charge in [-0.05, 0) is 86.4 Å². The van der Waals surface area contributed by atoms with Crippen LogP contribution in [0.4, 0.5) is 5.69 Å². The van der Waals surface area contributed by atoms with Crippen LogP contribution in [0.5, 0.6) is 0 Å². The molecule has 192 valence electrons. The van der Waals surface area contributed by atoms with Gasteiger partial charge in [0.15, 0.2) is 0 Å². The van der Waals surface area contributed by atoms with Gasteiger partial charge in [-0.25, -0.2) is 0 Å². The summed E-state index contributed by atoms with van der Waals surface area (Å²) in [4.78, 5) is 30.6. The molecule has 8 rings (SSSR count). The molecule has 6 atom stereocenters. The first-order valence-corrected chi connectivity index (χ1v) is 14.2. The van der Waals surface area contributed by atoms with Crippen LogP contribution >= 0.6 is 0 Å². The summed E-state index contributed by atoms with van der Waals surface area (Å²) in [6.45, 7) is 4.55. The van der Waals surface area contributed by atoms with Crippen molar-refractivity contribution in [2.24, 2.45) is 11.8 Å². The molecule has 3 heterocycles. The van der Waals surface area contributed by atoms with E-state index in [1.165, 1.54) is 30.5 Å². The van der Waals surface area contributed by atoms with Gasteiger partial charge in [0.1, 0.15) is 0 Å². The molecule has 3 aliphatic carbocycles. The van der Waals surface area contributed by atoms with Crippen molar-refractivity contribution < 1.29 is 14.3 Å². The van der Waals surface area contributed by atoms with Gasteiger partial charge in [-0.2, -0.15) is 0 Å². The molecule has 5 fully saturated rings. The third-order valence-corrected chi connectivity index (χ3v) is 10.7. The molecule has 3 saturated heterocycles. The molecule has 6 heteroatoms. The number of amides is 2. The quantitative estimate of drug-likeness (QED) is 0.694. The third kappa shape index (κ3) is 2.94. The lowest BCUT2D eigenvalue weighted by molar-refractivity contribution is -0.170. The van der Waals surface area contributed by atoms with Crippen molar-refractivity contribution in [3.05, 3.63) is 65.2 Å². The summed E-state index contributed by atoms with van der Waals surface area (Å²) in [5, 5.41) is 3.04. The van der Waals surface area contributed by atoms with E-state index in [1.807, 2.05) is 30.3 Å². The highest BCUT2D eigenvalue weighted by molar-refractivity contribution is 5.95. The standard InChI is InChI=1S/C31H35N3O3/c1-19(35)32-23-10-9-22-15-27-31-12-11-25-28(26(37-31)18-34(25)29(36)21-5-3-2-4-6-21)30(31,24(22)16-23)13-14-33(27)17-20-7-8-20/h2-6,9-10,16,20,25-28H,7-8,11-15,17-18H2,1H3,(H,32,35)/t25?,26-,27?,28?,30?,31?/m1/s1. The summed E-state index contributed by atoms with van der Waals surface area (Å²) in [5.74, 6) is 1.25. The van der Waals surface area contributed by atoms with Crippen molar-refractivity contribution >= 4 is 17.5 Å². The maximum atomic E-state index is 13.7. The molecule has 6 aliphatic rings.